The Labute approximate surface area is 88.7 Å². The maximum Gasteiger partial charge on any atom is 0.320 e. The summed E-state index contributed by atoms with van der Waals surface area (Å²) in [5, 5.41) is 27.2. The maximum absolute atomic E-state index is 10.4. The molecule has 0 saturated heterocycles. The van der Waals surface area contributed by atoms with E-state index in [1.54, 1.807) is 20.8 Å². The average molecular weight is 221 g/mol. The lowest BCUT2D eigenvalue weighted by Crippen LogP contribution is -2.41. The summed E-state index contributed by atoms with van der Waals surface area (Å²) in [7, 11) is 0. The minimum Gasteiger partial charge on any atom is -0.480 e. The molecule has 0 fully saturated rings. The largest absolute Gasteiger partial charge is 0.480 e. The van der Waals surface area contributed by atoms with Gasteiger partial charge < -0.3 is 25.8 Å². The molecule has 6 nitrogen and oxygen atoms in total. The van der Waals surface area contributed by atoms with Gasteiger partial charge in [0, 0.05) is 6.42 Å². The van der Waals surface area contributed by atoms with E-state index in [0.29, 0.717) is 0 Å². The van der Waals surface area contributed by atoms with Crippen molar-refractivity contribution in [3.8, 4) is 0 Å². The van der Waals surface area contributed by atoms with Crippen molar-refractivity contribution in [1.82, 2.24) is 0 Å². The highest BCUT2D eigenvalue weighted by Gasteiger charge is 2.26. The summed E-state index contributed by atoms with van der Waals surface area (Å²) in [6.07, 6.45) is -3.00. The van der Waals surface area contributed by atoms with Crippen LogP contribution < -0.4 is 5.73 Å². The van der Waals surface area contributed by atoms with E-state index >= 15 is 0 Å². The number of ether oxygens (including phenoxy) is 1. The van der Waals surface area contributed by atoms with Gasteiger partial charge in [-0.05, 0) is 20.8 Å². The Hall–Kier alpha value is -0.690. The van der Waals surface area contributed by atoms with E-state index in [9.17, 15) is 15.0 Å². The van der Waals surface area contributed by atoms with Crippen molar-refractivity contribution >= 4 is 5.97 Å². The van der Waals surface area contributed by atoms with Gasteiger partial charge in [0.25, 0.3) is 0 Å². The van der Waals surface area contributed by atoms with Crippen molar-refractivity contribution < 1.29 is 24.9 Å². The molecule has 6 heteroatoms. The minimum absolute atomic E-state index is 0.257. The number of carbonyl (C=O) groups is 1. The highest BCUT2D eigenvalue weighted by atomic mass is 16.6. The highest BCUT2D eigenvalue weighted by Crippen LogP contribution is 2.13. The zero-order valence-electron chi connectivity index (χ0n) is 9.17. The van der Waals surface area contributed by atoms with E-state index in [-0.39, 0.29) is 6.42 Å². The van der Waals surface area contributed by atoms with Crippen LogP contribution in [0.4, 0.5) is 0 Å². The standard InChI is InChI=1S/C9H19NO5/c1-9(2,3)15-8(14)6(11)4-5(10)7(12)13/h5-6,8,11,14H,4,10H2,1-3H3,(H,12,13)/t5-,6-,8-/m0/s1. The molecule has 0 unspecified atom stereocenters. The van der Waals surface area contributed by atoms with Crippen LogP contribution in [-0.4, -0.2) is 45.3 Å². The number of carboxylic acids is 1. The van der Waals surface area contributed by atoms with E-state index in [1.165, 1.54) is 0 Å². The normalized spacial score (nSPS) is 18.3. The second-order valence-corrected chi connectivity index (χ2v) is 4.37. The predicted octanol–water partition coefficient (Wildman–Crippen LogP) is -0.717. The van der Waals surface area contributed by atoms with E-state index in [1.807, 2.05) is 0 Å². The van der Waals surface area contributed by atoms with E-state index < -0.39 is 30.0 Å². The van der Waals surface area contributed by atoms with Gasteiger partial charge in [0.1, 0.15) is 12.1 Å². The van der Waals surface area contributed by atoms with Gasteiger partial charge in [-0.2, -0.15) is 0 Å². The van der Waals surface area contributed by atoms with Crippen LogP contribution in [0.15, 0.2) is 0 Å². The topological polar surface area (TPSA) is 113 Å². The Bertz CT molecular complexity index is 213. The first-order valence-electron chi connectivity index (χ1n) is 4.66. The smallest absolute Gasteiger partial charge is 0.320 e. The molecule has 0 aliphatic heterocycles. The number of hydrogen-bond acceptors (Lipinski definition) is 5. The van der Waals surface area contributed by atoms with Crippen LogP contribution >= 0.6 is 0 Å². The molecule has 0 aliphatic rings. The van der Waals surface area contributed by atoms with Gasteiger partial charge in [-0.1, -0.05) is 0 Å². The van der Waals surface area contributed by atoms with Gasteiger partial charge in [-0.3, -0.25) is 4.79 Å². The molecule has 0 saturated carbocycles. The molecule has 3 atom stereocenters. The van der Waals surface area contributed by atoms with Gasteiger partial charge in [0.05, 0.1) is 5.60 Å². The Balaban J connectivity index is 4.10. The van der Waals surface area contributed by atoms with Crippen LogP contribution in [0.2, 0.25) is 0 Å². The maximum atomic E-state index is 10.4. The molecular formula is C9H19NO5. The lowest BCUT2D eigenvalue weighted by atomic mass is 10.1. The monoisotopic (exact) mass is 221 g/mol. The van der Waals surface area contributed by atoms with Crippen molar-refractivity contribution in [3.63, 3.8) is 0 Å². The molecule has 0 aromatic heterocycles. The number of carboxylic acid groups (broad SMARTS) is 1. The van der Waals surface area contributed by atoms with Crippen LogP contribution in [0.25, 0.3) is 0 Å². The molecule has 0 aromatic carbocycles. The Morgan fingerprint density at radius 2 is 1.87 bits per heavy atom. The molecule has 0 aliphatic carbocycles. The SMILES string of the molecule is CC(C)(C)O[C@H](O)[C@@H](O)C[C@H](N)C(=O)O. The van der Waals surface area contributed by atoms with Crippen molar-refractivity contribution in [1.29, 1.82) is 0 Å². The molecule has 90 valence electrons. The summed E-state index contributed by atoms with van der Waals surface area (Å²) < 4.78 is 5.04. The fourth-order valence-electron chi connectivity index (χ4n) is 0.918. The molecule has 0 spiro atoms. The molecule has 5 N–H and O–H groups in total. The number of aliphatic hydroxyl groups excluding tert-OH is 2. The van der Waals surface area contributed by atoms with Crippen molar-refractivity contribution in [2.45, 2.75) is 51.2 Å². The number of nitrogens with two attached hydrogens (primary N) is 1. The molecule has 0 radical (unpaired) electrons. The number of aliphatic hydroxyl groups is 2. The quantitative estimate of drug-likeness (QED) is 0.456. The van der Waals surface area contributed by atoms with Crippen molar-refractivity contribution in [2.75, 3.05) is 0 Å². The van der Waals surface area contributed by atoms with Crippen molar-refractivity contribution in [3.05, 3.63) is 0 Å². The third-order valence-corrected chi connectivity index (χ3v) is 1.62. The van der Waals surface area contributed by atoms with E-state index in [0.717, 1.165) is 0 Å². The summed E-state index contributed by atoms with van der Waals surface area (Å²) >= 11 is 0. The third kappa shape index (κ3) is 6.40. The van der Waals surface area contributed by atoms with Crippen LogP contribution in [0.5, 0.6) is 0 Å². The lowest BCUT2D eigenvalue weighted by molar-refractivity contribution is -0.212. The fraction of sp³-hybridized carbons (Fsp3) is 0.889. The Kier molecular flexibility index (Phi) is 5.16. The first-order chi connectivity index (χ1) is 6.63. The van der Waals surface area contributed by atoms with Gasteiger partial charge in [0.15, 0.2) is 6.29 Å². The summed E-state index contributed by atoms with van der Waals surface area (Å²) in [4.78, 5) is 10.4. The fourth-order valence-corrected chi connectivity index (χ4v) is 0.918. The summed E-state index contributed by atoms with van der Waals surface area (Å²) in [6, 6.07) is -1.21. The third-order valence-electron chi connectivity index (χ3n) is 1.62. The number of rotatable bonds is 5. The second kappa shape index (κ2) is 5.41. The predicted molar refractivity (Wildman–Crippen MR) is 53.1 cm³/mol. The highest BCUT2D eigenvalue weighted by molar-refractivity contribution is 5.73. The van der Waals surface area contributed by atoms with Crippen LogP contribution in [-0.2, 0) is 9.53 Å². The average Bonchev–Trinajstić information content (AvgIpc) is 2.00. The van der Waals surface area contributed by atoms with Gasteiger partial charge in [0.2, 0.25) is 0 Å². The van der Waals surface area contributed by atoms with Crippen LogP contribution in [0.3, 0.4) is 0 Å². The number of aliphatic carboxylic acids is 1. The molecular weight excluding hydrogens is 202 g/mol. The molecule has 0 heterocycles. The number of hydrogen-bond donors (Lipinski definition) is 4. The summed E-state index contributed by atoms with van der Waals surface area (Å²) in [5.41, 5.74) is 4.58. The van der Waals surface area contributed by atoms with E-state index in [4.69, 9.17) is 15.6 Å². The Morgan fingerprint density at radius 3 is 2.20 bits per heavy atom. The second-order valence-electron chi connectivity index (χ2n) is 4.37. The first kappa shape index (κ1) is 14.3. The molecule has 0 aromatic rings. The van der Waals surface area contributed by atoms with Gasteiger partial charge in [-0.25, -0.2) is 0 Å². The van der Waals surface area contributed by atoms with Gasteiger partial charge >= 0.3 is 5.97 Å². The Morgan fingerprint density at radius 1 is 1.40 bits per heavy atom. The molecule has 0 amide bonds. The zero-order valence-corrected chi connectivity index (χ0v) is 9.17. The first-order valence-corrected chi connectivity index (χ1v) is 4.66. The van der Waals surface area contributed by atoms with Crippen molar-refractivity contribution in [2.24, 2.45) is 5.73 Å². The summed E-state index contributed by atoms with van der Waals surface area (Å²) in [5.74, 6) is -1.22. The van der Waals surface area contributed by atoms with Gasteiger partial charge in [-0.15, -0.1) is 0 Å². The minimum atomic E-state index is -1.43. The molecule has 0 bridgehead atoms. The van der Waals surface area contributed by atoms with E-state index in [2.05, 4.69) is 0 Å². The lowest BCUT2D eigenvalue weighted by Gasteiger charge is -2.27. The molecule has 0 rings (SSSR count). The zero-order chi connectivity index (χ0) is 12.2. The molecule has 15 heavy (non-hydrogen) atoms. The van der Waals surface area contributed by atoms with Crippen LogP contribution in [0, 0.1) is 0 Å². The van der Waals surface area contributed by atoms with Crippen LogP contribution in [0.1, 0.15) is 27.2 Å². The summed E-state index contributed by atoms with van der Waals surface area (Å²) in [6.45, 7) is 5.13.